The predicted molar refractivity (Wildman–Crippen MR) is 76.1 cm³/mol. The van der Waals surface area contributed by atoms with Crippen LogP contribution in [0, 0.1) is 5.92 Å². The highest BCUT2D eigenvalue weighted by atomic mass is 16.5. The number of carboxylic acids is 1. The molecule has 0 aliphatic carbocycles. The van der Waals surface area contributed by atoms with Gasteiger partial charge in [0.1, 0.15) is 11.8 Å². The van der Waals surface area contributed by atoms with Gasteiger partial charge in [0, 0.05) is 18.0 Å². The zero-order chi connectivity index (χ0) is 15.8. The molecular formula is C15H22N2O4. The molecule has 1 fully saturated rings. The molecule has 1 aliphatic heterocycles. The normalized spacial score (nSPS) is 23.1. The highest BCUT2D eigenvalue weighted by Gasteiger charge is 2.36. The number of carbonyl (C=O) groups is 2. The van der Waals surface area contributed by atoms with Crippen molar-refractivity contribution < 1.29 is 19.2 Å². The molecular weight excluding hydrogens is 272 g/mol. The first-order chi connectivity index (χ1) is 9.70. The Balaban J connectivity index is 2.22. The summed E-state index contributed by atoms with van der Waals surface area (Å²) in [4.78, 5) is 25.3. The number of nitrogens with zero attached hydrogens (tertiary/aromatic N) is 2. The van der Waals surface area contributed by atoms with Crippen molar-refractivity contribution in [3.8, 4) is 0 Å². The van der Waals surface area contributed by atoms with Gasteiger partial charge in [-0.2, -0.15) is 0 Å². The number of rotatable bonds is 2. The van der Waals surface area contributed by atoms with Crippen LogP contribution in [0.1, 0.15) is 56.8 Å². The SMILES string of the molecule is CC1CCN(C(=O)c2cc(C(C)(C)C)on2)C(C(=O)O)C1. The number of aliphatic carboxylic acids is 1. The quantitative estimate of drug-likeness (QED) is 0.904. The highest BCUT2D eigenvalue weighted by Crippen LogP contribution is 2.26. The van der Waals surface area contributed by atoms with Gasteiger partial charge in [0.05, 0.1) is 0 Å². The van der Waals surface area contributed by atoms with Gasteiger partial charge in [-0.15, -0.1) is 0 Å². The first-order valence-electron chi connectivity index (χ1n) is 7.21. The Bertz CT molecular complexity index is 544. The highest BCUT2D eigenvalue weighted by molar-refractivity contribution is 5.95. The van der Waals surface area contributed by atoms with Crippen molar-refractivity contribution in [2.24, 2.45) is 5.92 Å². The fourth-order valence-electron chi connectivity index (χ4n) is 2.50. The molecule has 2 heterocycles. The van der Waals surface area contributed by atoms with Gasteiger partial charge in [-0.05, 0) is 18.8 Å². The van der Waals surface area contributed by atoms with Gasteiger partial charge in [-0.25, -0.2) is 4.79 Å². The largest absolute Gasteiger partial charge is 0.480 e. The lowest BCUT2D eigenvalue weighted by atomic mass is 9.91. The molecule has 1 aromatic rings. The molecule has 0 spiro atoms. The van der Waals surface area contributed by atoms with E-state index in [4.69, 9.17) is 4.52 Å². The molecule has 6 nitrogen and oxygen atoms in total. The fraction of sp³-hybridized carbons (Fsp3) is 0.667. The molecule has 1 aliphatic rings. The van der Waals surface area contributed by atoms with Crippen LogP contribution in [0.25, 0.3) is 0 Å². The van der Waals surface area contributed by atoms with Gasteiger partial charge in [0.2, 0.25) is 0 Å². The number of amides is 1. The van der Waals surface area contributed by atoms with Gasteiger partial charge in [-0.1, -0.05) is 32.9 Å². The number of hydrogen-bond donors (Lipinski definition) is 1. The second kappa shape index (κ2) is 5.50. The van der Waals surface area contributed by atoms with Gasteiger partial charge in [-0.3, -0.25) is 4.79 Å². The van der Waals surface area contributed by atoms with Crippen LogP contribution in [-0.4, -0.2) is 39.6 Å². The zero-order valence-electron chi connectivity index (χ0n) is 12.9. The van der Waals surface area contributed by atoms with Crippen LogP contribution in [0.4, 0.5) is 0 Å². The van der Waals surface area contributed by atoms with Gasteiger partial charge >= 0.3 is 5.97 Å². The maximum Gasteiger partial charge on any atom is 0.326 e. The number of carboxylic acid groups (broad SMARTS) is 1. The van der Waals surface area contributed by atoms with E-state index in [0.717, 1.165) is 6.42 Å². The lowest BCUT2D eigenvalue weighted by Gasteiger charge is -2.35. The van der Waals surface area contributed by atoms with E-state index in [-0.39, 0.29) is 17.0 Å². The lowest BCUT2D eigenvalue weighted by Crippen LogP contribution is -2.49. The zero-order valence-corrected chi connectivity index (χ0v) is 12.9. The topological polar surface area (TPSA) is 83.6 Å². The van der Waals surface area contributed by atoms with Crippen molar-refractivity contribution in [1.82, 2.24) is 10.1 Å². The van der Waals surface area contributed by atoms with Crippen molar-refractivity contribution in [1.29, 1.82) is 0 Å². The molecule has 6 heteroatoms. The summed E-state index contributed by atoms with van der Waals surface area (Å²) in [6.45, 7) is 8.33. The van der Waals surface area contributed by atoms with Crippen LogP contribution in [0.15, 0.2) is 10.6 Å². The van der Waals surface area contributed by atoms with E-state index in [9.17, 15) is 14.7 Å². The molecule has 0 aromatic carbocycles. The molecule has 1 saturated heterocycles. The molecule has 2 rings (SSSR count). The Hall–Kier alpha value is -1.85. The van der Waals surface area contributed by atoms with E-state index in [1.54, 1.807) is 6.07 Å². The van der Waals surface area contributed by atoms with Crippen LogP contribution in [0.2, 0.25) is 0 Å². The monoisotopic (exact) mass is 294 g/mol. The lowest BCUT2D eigenvalue weighted by molar-refractivity contribution is -0.144. The van der Waals surface area contributed by atoms with E-state index in [1.807, 2.05) is 27.7 Å². The Kier molecular flexibility index (Phi) is 4.07. The molecule has 21 heavy (non-hydrogen) atoms. The molecule has 116 valence electrons. The molecule has 1 N–H and O–H groups in total. The van der Waals surface area contributed by atoms with Crippen molar-refractivity contribution in [2.75, 3.05) is 6.54 Å². The summed E-state index contributed by atoms with van der Waals surface area (Å²) < 4.78 is 5.21. The van der Waals surface area contributed by atoms with Crippen LogP contribution in [0.3, 0.4) is 0 Å². The van der Waals surface area contributed by atoms with Crippen LogP contribution in [-0.2, 0) is 10.2 Å². The molecule has 2 atom stereocenters. The maximum atomic E-state index is 12.5. The van der Waals surface area contributed by atoms with Crippen molar-refractivity contribution in [3.63, 3.8) is 0 Å². The second-order valence-corrected chi connectivity index (χ2v) is 6.81. The third kappa shape index (κ3) is 3.25. The van der Waals surface area contributed by atoms with Gasteiger partial charge in [0.25, 0.3) is 5.91 Å². The average Bonchev–Trinajstić information content (AvgIpc) is 2.87. The van der Waals surface area contributed by atoms with Crippen molar-refractivity contribution in [2.45, 2.75) is 52.0 Å². The molecule has 1 amide bonds. The minimum Gasteiger partial charge on any atom is -0.480 e. The van der Waals surface area contributed by atoms with Gasteiger partial charge < -0.3 is 14.5 Å². The summed E-state index contributed by atoms with van der Waals surface area (Å²) >= 11 is 0. The van der Waals surface area contributed by atoms with Crippen molar-refractivity contribution in [3.05, 3.63) is 17.5 Å². The van der Waals surface area contributed by atoms with E-state index in [1.165, 1.54) is 4.90 Å². The van der Waals surface area contributed by atoms with E-state index in [2.05, 4.69) is 5.16 Å². The predicted octanol–water partition coefficient (Wildman–Crippen LogP) is 2.30. The number of piperidine rings is 1. The maximum absolute atomic E-state index is 12.5. The van der Waals surface area contributed by atoms with Gasteiger partial charge in [0.15, 0.2) is 5.69 Å². The first kappa shape index (κ1) is 15.5. The van der Waals surface area contributed by atoms with E-state index < -0.39 is 12.0 Å². The molecule has 1 aromatic heterocycles. The molecule has 0 bridgehead atoms. The summed E-state index contributed by atoms with van der Waals surface area (Å²) in [5, 5.41) is 13.1. The number of likely N-dealkylation sites (tertiary alicyclic amines) is 1. The third-order valence-electron chi connectivity index (χ3n) is 3.88. The van der Waals surface area contributed by atoms with Crippen LogP contribution in [0.5, 0.6) is 0 Å². The summed E-state index contributed by atoms with van der Waals surface area (Å²) in [5.41, 5.74) is -0.0607. The summed E-state index contributed by atoms with van der Waals surface area (Å²) in [7, 11) is 0. The third-order valence-corrected chi connectivity index (χ3v) is 3.88. The average molecular weight is 294 g/mol. The first-order valence-corrected chi connectivity index (χ1v) is 7.21. The Morgan fingerprint density at radius 1 is 1.43 bits per heavy atom. The Morgan fingerprint density at radius 3 is 2.62 bits per heavy atom. The molecule has 2 unspecified atom stereocenters. The Labute approximate surface area is 124 Å². The standard InChI is InChI=1S/C15H22N2O4/c1-9-5-6-17(11(7-9)14(19)20)13(18)10-8-12(21-16-10)15(2,3)4/h8-9,11H,5-7H2,1-4H3,(H,19,20). The Morgan fingerprint density at radius 2 is 2.10 bits per heavy atom. The van der Waals surface area contributed by atoms with Crippen LogP contribution >= 0.6 is 0 Å². The summed E-state index contributed by atoms with van der Waals surface area (Å²) in [5.74, 6) is -0.413. The molecule has 0 radical (unpaired) electrons. The van der Waals surface area contributed by atoms with Crippen LogP contribution < -0.4 is 0 Å². The number of aromatic nitrogens is 1. The second-order valence-electron chi connectivity index (χ2n) is 6.81. The fourth-order valence-corrected chi connectivity index (χ4v) is 2.50. The smallest absolute Gasteiger partial charge is 0.326 e. The van der Waals surface area contributed by atoms with Crippen molar-refractivity contribution >= 4 is 11.9 Å². The summed E-state index contributed by atoms with van der Waals surface area (Å²) in [6, 6.07) is 0.829. The summed E-state index contributed by atoms with van der Waals surface area (Å²) in [6.07, 6.45) is 1.28. The molecule has 0 saturated carbocycles. The minimum atomic E-state index is -0.963. The number of carbonyl (C=O) groups excluding carboxylic acids is 1. The number of hydrogen-bond acceptors (Lipinski definition) is 4. The van der Waals surface area contributed by atoms with E-state index in [0.29, 0.717) is 24.6 Å². The van der Waals surface area contributed by atoms with E-state index >= 15 is 0 Å². The minimum absolute atomic E-state index is 0.181.